The Kier molecular flexibility index (Phi) is 3.79. The lowest BCUT2D eigenvalue weighted by atomic mass is 9.97. The van der Waals surface area contributed by atoms with Crippen molar-refractivity contribution < 1.29 is 19.5 Å². The third-order valence-corrected chi connectivity index (χ3v) is 2.63. The molecule has 1 N–H and O–H groups in total. The van der Waals surface area contributed by atoms with E-state index in [1.807, 2.05) is 0 Å². The number of carbonyl (C=O) groups is 3. The smallest absolute Gasteiger partial charge is 0.336 e. The van der Waals surface area contributed by atoms with Crippen LogP contribution in [-0.4, -0.2) is 23.1 Å². The molecule has 1 aromatic rings. The molecule has 0 aliphatic heterocycles. The largest absolute Gasteiger partial charge is 0.478 e. The summed E-state index contributed by atoms with van der Waals surface area (Å²) in [7, 11) is 0. The van der Waals surface area contributed by atoms with Gasteiger partial charge in [0.2, 0.25) is 0 Å². The zero-order valence-electron chi connectivity index (χ0n) is 8.44. The van der Waals surface area contributed by atoms with Gasteiger partial charge in [-0.3, -0.25) is 9.59 Å². The number of aromatic carboxylic acids is 1. The van der Waals surface area contributed by atoms with E-state index in [1.54, 1.807) is 0 Å². The standard InChI is InChI=1S/C11H9ClO4/c1-6(14)10(12)9-7(5-13)3-2-4-8(9)11(15)16/h2-5,10H,1H3,(H,15,16). The van der Waals surface area contributed by atoms with E-state index in [2.05, 4.69) is 0 Å². The van der Waals surface area contributed by atoms with Crippen molar-refractivity contribution in [2.75, 3.05) is 0 Å². The number of aldehydes is 1. The second kappa shape index (κ2) is 4.90. The van der Waals surface area contributed by atoms with Crippen molar-refractivity contribution in [3.63, 3.8) is 0 Å². The first-order valence-corrected chi connectivity index (χ1v) is 4.88. The number of carboxylic acids is 1. The summed E-state index contributed by atoms with van der Waals surface area (Å²) in [5.41, 5.74) is 0.0501. The number of hydrogen-bond acceptors (Lipinski definition) is 3. The highest BCUT2D eigenvalue weighted by Gasteiger charge is 2.23. The van der Waals surface area contributed by atoms with Gasteiger partial charge in [0.15, 0.2) is 5.78 Å². The normalized spacial score (nSPS) is 11.9. The summed E-state index contributed by atoms with van der Waals surface area (Å²) in [6.07, 6.45) is 0.486. The van der Waals surface area contributed by atoms with Gasteiger partial charge in [-0.15, -0.1) is 11.6 Å². The van der Waals surface area contributed by atoms with E-state index in [9.17, 15) is 14.4 Å². The second-order valence-electron chi connectivity index (χ2n) is 3.20. The molecule has 4 nitrogen and oxygen atoms in total. The third kappa shape index (κ3) is 2.28. The Bertz CT molecular complexity index is 453. The van der Waals surface area contributed by atoms with Crippen molar-refractivity contribution in [3.8, 4) is 0 Å². The average Bonchev–Trinajstić information content (AvgIpc) is 2.26. The second-order valence-corrected chi connectivity index (χ2v) is 3.64. The molecular weight excluding hydrogens is 232 g/mol. The Balaban J connectivity index is 3.47. The van der Waals surface area contributed by atoms with Crippen LogP contribution in [0.15, 0.2) is 18.2 Å². The van der Waals surface area contributed by atoms with Gasteiger partial charge in [0.1, 0.15) is 11.7 Å². The predicted octanol–water partition coefficient (Wildman–Crippen LogP) is 2.07. The Morgan fingerprint density at radius 1 is 1.44 bits per heavy atom. The fourth-order valence-corrected chi connectivity index (χ4v) is 1.60. The minimum atomic E-state index is -1.22. The first-order valence-electron chi connectivity index (χ1n) is 4.45. The Morgan fingerprint density at radius 3 is 2.50 bits per heavy atom. The van der Waals surface area contributed by atoms with Gasteiger partial charge in [-0.2, -0.15) is 0 Å². The summed E-state index contributed by atoms with van der Waals surface area (Å²) in [5, 5.41) is 7.81. The molecule has 1 unspecified atom stereocenters. The number of carboxylic acid groups (broad SMARTS) is 1. The monoisotopic (exact) mass is 240 g/mol. The van der Waals surface area contributed by atoms with Crippen molar-refractivity contribution in [1.82, 2.24) is 0 Å². The molecule has 0 fully saturated rings. The maximum atomic E-state index is 11.1. The van der Waals surface area contributed by atoms with E-state index in [0.717, 1.165) is 0 Å². The highest BCUT2D eigenvalue weighted by molar-refractivity contribution is 6.31. The first kappa shape index (κ1) is 12.4. The van der Waals surface area contributed by atoms with Gasteiger partial charge in [0.05, 0.1) is 5.56 Å². The Morgan fingerprint density at radius 2 is 2.06 bits per heavy atom. The minimum Gasteiger partial charge on any atom is -0.478 e. The molecule has 1 rings (SSSR count). The maximum absolute atomic E-state index is 11.1. The maximum Gasteiger partial charge on any atom is 0.336 e. The van der Waals surface area contributed by atoms with Gasteiger partial charge in [-0.1, -0.05) is 12.1 Å². The lowest BCUT2D eigenvalue weighted by Gasteiger charge is -2.12. The quantitative estimate of drug-likeness (QED) is 0.646. The number of alkyl halides is 1. The van der Waals surface area contributed by atoms with Crippen LogP contribution >= 0.6 is 11.6 Å². The number of halogens is 1. The van der Waals surface area contributed by atoms with Crippen LogP contribution < -0.4 is 0 Å². The van der Waals surface area contributed by atoms with Crippen LogP contribution in [0.1, 0.15) is 38.6 Å². The van der Waals surface area contributed by atoms with Gasteiger partial charge < -0.3 is 5.11 Å². The molecular formula is C11H9ClO4. The highest BCUT2D eigenvalue weighted by Crippen LogP contribution is 2.28. The van der Waals surface area contributed by atoms with E-state index in [1.165, 1.54) is 25.1 Å². The number of ketones is 1. The third-order valence-electron chi connectivity index (χ3n) is 2.11. The number of Topliss-reactive ketones (excluding diaryl/α,β-unsaturated/α-hetero) is 1. The molecule has 1 atom stereocenters. The van der Waals surface area contributed by atoms with Crippen LogP contribution in [0.4, 0.5) is 0 Å². The van der Waals surface area contributed by atoms with Gasteiger partial charge in [-0.25, -0.2) is 4.79 Å². The molecule has 0 saturated carbocycles. The summed E-state index contributed by atoms with van der Waals surface area (Å²) in [5.74, 6) is -1.62. The molecule has 1 aromatic carbocycles. The van der Waals surface area contributed by atoms with Crippen LogP contribution in [0.5, 0.6) is 0 Å². The first-order chi connectivity index (χ1) is 7.49. The molecule has 0 heterocycles. The van der Waals surface area contributed by atoms with E-state index < -0.39 is 17.1 Å². The lowest BCUT2D eigenvalue weighted by molar-refractivity contribution is -0.116. The molecule has 0 amide bonds. The van der Waals surface area contributed by atoms with Crippen molar-refractivity contribution in [2.24, 2.45) is 0 Å². The zero-order chi connectivity index (χ0) is 12.3. The van der Waals surface area contributed by atoms with Crippen molar-refractivity contribution >= 4 is 29.6 Å². The number of benzene rings is 1. The van der Waals surface area contributed by atoms with Gasteiger partial charge in [0.25, 0.3) is 0 Å². The topological polar surface area (TPSA) is 71.4 Å². The molecule has 5 heteroatoms. The fraction of sp³-hybridized carbons (Fsp3) is 0.182. The van der Waals surface area contributed by atoms with E-state index >= 15 is 0 Å². The molecule has 0 aliphatic rings. The molecule has 0 spiro atoms. The number of hydrogen-bond donors (Lipinski definition) is 1. The van der Waals surface area contributed by atoms with Crippen molar-refractivity contribution in [1.29, 1.82) is 0 Å². The SMILES string of the molecule is CC(=O)C(Cl)c1c(C=O)cccc1C(=O)O. The molecule has 0 radical (unpaired) electrons. The van der Waals surface area contributed by atoms with Crippen molar-refractivity contribution in [2.45, 2.75) is 12.3 Å². The van der Waals surface area contributed by atoms with Crippen LogP contribution in [0.2, 0.25) is 0 Å². The molecule has 0 saturated heterocycles. The van der Waals surface area contributed by atoms with Crippen molar-refractivity contribution in [3.05, 3.63) is 34.9 Å². The van der Waals surface area contributed by atoms with Crippen LogP contribution in [0, 0.1) is 0 Å². The molecule has 0 bridgehead atoms. The summed E-state index contributed by atoms with van der Waals surface area (Å²) in [4.78, 5) is 32.8. The summed E-state index contributed by atoms with van der Waals surface area (Å²) in [6.45, 7) is 1.24. The van der Waals surface area contributed by atoms with E-state index in [0.29, 0.717) is 6.29 Å². The van der Waals surface area contributed by atoms with Crippen LogP contribution in [0.3, 0.4) is 0 Å². The van der Waals surface area contributed by atoms with Crippen LogP contribution in [0.25, 0.3) is 0 Å². The van der Waals surface area contributed by atoms with Gasteiger partial charge >= 0.3 is 5.97 Å². The molecule has 16 heavy (non-hydrogen) atoms. The van der Waals surface area contributed by atoms with Crippen LogP contribution in [-0.2, 0) is 4.79 Å². The summed E-state index contributed by atoms with van der Waals surface area (Å²) in [6, 6.07) is 4.16. The highest BCUT2D eigenvalue weighted by atomic mass is 35.5. The van der Waals surface area contributed by atoms with E-state index in [4.69, 9.17) is 16.7 Å². The summed E-state index contributed by atoms with van der Waals surface area (Å²) >= 11 is 5.80. The van der Waals surface area contributed by atoms with Gasteiger partial charge in [-0.05, 0) is 13.0 Å². The van der Waals surface area contributed by atoms with Gasteiger partial charge in [0, 0.05) is 11.1 Å². The predicted molar refractivity (Wildman–Crippen MR) is 58.1 cm³/mol. The lowest BCUT2D eigenvalue weighted by Crippen LogP contribution is -2.12. The Hall–Kier alpha value is -1.68. The minimum absolute atomic E-state index is 0.0548. The zero-order valence-corrected chi connectivity index (χ0v) is 9.19. The average molecular weight is 241 g/mol. The fourth-order valence-electron chi connectivity index (χ4n) is 1.36. The molecule has 84 valence electrons. The number of carbonyl (C=O) groups excluding carboxylic acids is 2. The number of rotatable bonds is 4. The molecule has 0 aromatic heterocycles. The molecule has 0 aliphatic carbocycles. The Labute approximate surface area is 96.8 Å². The summed E-state index contributed by atoms with van der Waals surface area (Å²) < 4.78 is 0. The van der Waals surface area contributed by atoms with E-state index in [-0.39, 0.29) is 16.7 Å².